The van der Waals surface area contributed by atoms with Gasteiger partial charge in [-0.2, -0.15) is 4.98 Å². The van der Waals surface area contributed by atoms with E-state index in [1.807, 2.05) is 31.2 Å². The molecule has 0 bridgehead atoms. The largest absolute Gasteiger partial charge is 0.355 e. The average Bonchev–Trinajstić information content (AvgIpc) is 2.66. The van der Waals surface area contributed by atoms with Crippen LogP contribution in [0.15, 0.2) is 28.8 Å². The van der Waals surface area contributed by atoms with Crippen LogP contribution in [0.5, 0.6) is 0 Å². The molecule has 72 valence electrons. The lowest BCUT2D eigenvalue weighted by molar-refractivity contribution is 0.432. The maximum Gasteiger partial charge on any atom is 0.263 e. The van der Waals surface area contributed by atoms with Gasteiger partial charge in [0.1, 0.15) is 0 Å². The van der Waals surface area contributed by atoms with Gasteiger partial charge >= 0.3 is 0 Å². The van der Waals surface area contributed by atoms with Crippen molar-refractivity contribution >= 4 is 5.95 Å². The van der Waals surface area contributed by atoms with Crippen LogP contribution in [0.2, 0.25) is 0 Å². The van der Waals surface area contributed by atoms with Crippen LogP contribution in [0.4, 0.5) is 5.95 Å². The van der Waals surface area contributed by atoms with Crippen molar-refractivity contribution in [3.8, 4) is 11.5 Å². The zero-order valence-corrected chi connectivity index (χ0v) is 8.11. The van der Waals surface area contributed by atoms with E-state index in [2.05, 4.69) is 15.5 Å². The number of nitrogens with one attached hydrogen (secondary N) is 1. The van der Waals surface area contributed by atoms with Gasteiger partial charge in [-0.3, -0.25) is 0 Å². The number of anilines is 1. The second-order valence-corrected chi connectivity index (χ2v) is 3.04. The van der Waals surface area contributed by atoms with Crippen LogP contribution in [0, 0.1) is 6.92 Å². The maximum absolute atomic E-state index is 5.07. The molecule has 0 saturated carbocycles. The zero-order valence-electron chi connectivity index (χ0n) is 8.11. The second kappa shape index (κ2) is 3.49. The molecule has 0 saturated heterocycles. The summed E-state index contributed by atoms with van der Waals surface area (Å²) in [6.07, 6.45) is 0. The van der Waals surface area contributed by atoms with Gasteiger partial charge in [0.25, 0.3) is 11.8 Å². The first-order valence-corrected chi connectivity index (χ1v) is 4.38. The van der Waals surface area contributed by atoms with Crippen LogP contribution in [0.3, 0.4) is 0 Å². The Morgan fingerprint density at radius 2 is 2.21 bits per heavy atom. The number of rotatable bonds is 2. The normalized spacial score (nSPS) is 10.1. The number of aryl methyl sites for hydroxylation is 1. The monoisotopic (exact) mass is 189 g/mol. The summed E-state index contributed by atoms with van der Waals surface area (Å²) in [5.41, 5.74) is 2.12. The highest BCUT2D eigenvalue weighted by Crippen LogP contribution is 2.18. The minimum atomic E-state index is 0.501. The van der Waals surface area contributed by atoms with Gasteiger partial charge in [-0.25, -0.2) is 0 Å². The molecule has 2 rings (SSSR count). The zero-order chi connectivity index (χ0) is 9.97. The van der Waals surface area contributed by atoms with Gasteiger partial charge in [0, 0.05) is 12.6 Å². The molecule has 4 heteroatoms. The molecule has 2 aromatic rings. The highest BCUT2D eigenvalue weighted by atomic mass is 16.5. The Hall–Kier alpha value is -1.84. The van der Waals surface area contributed by atoms with Crippen LogP contribution in [0.1, 0.15) is 5.56 Å². The Bertz CT molecular complexity index is 436. The van der Waals surface area contributed by atoms with Crippen molar-refractivity contribution < 1.29 is 4.52 Å². The van der Waals surface area contributed by atoms with E-state index in [0.29, 0.717) is 11.8 Å². The summed E-state index contributed by atoms with van der Waals surface area (Å²) >= 11 is 0. The van der Waals surface area contributed by atoms with E-state index in [1.165, 1.54) is 5.56 Å². The van der Waals surface area contributed by atoms with Crippen molar-refractivity contribution in [3.63, 3.8) is 0 Å². The van der Waals surface area contributed by atoms with Crippen LogP contribution < -0.4 is 5.32 Å². The van der Waals surface area contributed by atoms with E-state index in [1.54, 1.807) is 7.05 Å². The van der Waals surface area contributed by atoms with E-state index in [4.69, 9.17) is 4.52 Å². The van der Waals surface area contributed by atoms with Gasteiger partial charge in [0.15, 0.2) is 0 Å². The molecule has 1 N–H and O–H groups in total. The molecule has 14 heavy (non-hydrogen) atoms. The molecule has 0 atom stereocenters. The van der Waals surface area contributed by atoms with E-state index >= 15 is 0 Å². The molecule has 0 aliphatic carbocycles. The average molecular weight is 189 g/mol. The smallest absolute Gasteiger partial charge is 0.263 e. The summed E-state index contributed by atoms with van der Waals surface area (Å²) in [5.74, 6) is 1.04. The molecular formula is C10H11N3O. The Kier molecular flexibility index (Phi) is 2.18. The third kappa shape index (κ3) is 1.59. The van der Waals surface area contributed by atoms with Crippen molar-refractivity contribution in [2.45, 2.75) is 6.92 Å². The van der Waals surface area contributed by atoms with Crippen LogP contribution in [0.25, 0.3) is 11.5 Å². The highest BCUT2D eigenvalue weighted by Gasteiger charge is 2.06. The predicted molar refractivity (Wildman–Crippen MR) is 54.0 cm³/mol. The maximum atomic E-state index is 5.07. The van der Waals surface area contributed by atoms with Gasteiger partial charge in [0.2, 0.25) is 0 Å². The van der Waals surface area contributed by atoms with Crippen molar-refractivity contribution in [3.05, 3.63) is 29.8 Å². The van der Waals surface area contributed by atoms with Crippen molar-refractivity contribution in [2.75, 3.05) is 12.4 Å². The quantitative estimate of drug-likeness (QED) is 0.785. The van der Waals surface area contributed by atoms with E-state index in [-0.39, 0.29) is 0 Å². The van der Waals surface area contributed by atoms with Crippen molar-refractivity contribution in [2.24, 2.45) is 0 Å². The first-order chi connectivity index (χ1) is 6.79. The lowest BCUT2D eigenvalue weighted by Crippen LogP contribution is -1.89. The predicted octanol–water partition coefficient (Wildman–Crippen LogP) is 2.09. The Morgan fingerprint density at radius 1 is 1.36 bits per heavy atom. The van der Waals surface area contributed by atoms with E-state index < -0.39 is 0 Å². The fourth-order valence-corrected chi connectivity index (χ4v) is 1.22. The molecular weight excluding hydrogens is 178 g/mol. The van der Waals surface area contributed by atoms with Gasteiger partial charge in [0.05, 0.1) is 0 Å². The second-order valence-electron chi connectivity index (χ2n) is 3.04. The van der Waals surface area contributed by atoms with E-state index in [9.17, 15) is 0 Å². The van der Waals surface area contributed by atoms with Gasteiger partial charge in [-0.15, -0.1) is 0 Å². The van der Waals surface area contributed by atoms with Gasteiger partial charge in [-0.1, -0.05) is 17.7 Å². The summed E-state index contributed by atoms with van der Waals surface area (Å²) in [4.78, 5) is 4.15. The molecule has 0 amide bonds. The molecule has 4 nitrogen and oxygen atoms in total. The van der Waals surface area contributed by atoms with Crippen molar-refractivity contribution in [1.29, 1.82) is 0 Å². The molecule has 0 radical (unpaired) electrons. The molecule has 0 fully saturated rings. The Labute approximate surface area is 82.0 Å². The number of benzene rings is 1. The topological polar surface area (TPSA) is 51.0 Å². The summed E-state index contributed by atoms with van der Waals surface area (Å²) in [5, 5.41) is 6.56. The number of hydrogen-bond acceptors (Lipinski definition) is 4. The fraction of sp³-hybridized carbons (Fsp3) is 0.200. The van der Waals surface area contributed by atoms with Crippen LogP contribution >= 0.6 is 0 Å². The third-order valence-electron chi connectivity index (χ3n) is 1.91. The highest BCUT2D eigenvalue weighted by molar-refractivity contribution is 5.55. The standard InChI is InChI=1S/C10H11N3O/c1-7-4-3-5-8(6-7)9-12-10(11-2)13-14-9/h3-6H,1-2H3,(H,11,13). The first-order valence-electron chi connectivity index (χ1n) is 4.38. The third-order valence-corrected chi connectivity index (χ3v) is 1.91. The molecule has 1 aromatic carbocycles. The molecule has 1 heterocycles. The lowest BCUT2D eigenvalue weighted by Gasteiger charge is -1.94. The summed E-state index contributed by atoms with van der Waals surface area (Å²) < 4.78 is 5.07. The number of nitrogens with zero attached hydrogens (tertiary/aromatic N) is 2. The summed E-state index contributed by atoms with van der Waals surface area (Å²) in [7, 11) is 1.75. The fourth-order valence-electron chi connectivity index (χ4n) is 1.22. The number of aromatic nitrogens is 2. The minimum absolute atomic E-state index is 0.501. The van der Waals surface area contributed by atoms with Gasteiger partial charge in [-0.05, 0) is 24.2 Å². The first kappa shape index (κ1) is 8.74. The molecule has 0 aliphatic heterocycles. The van der Waals surface area contributed by atoms with Crippen LogP contribution in [-0.4, -0.2) is 17.2 Å². The number of hydrogen-bond donors (Lipinski definition) is 1. The van der Waals surface area contributed by atoms with Crippen molar-refractivity contribution in [1.82, 2.24) is 10.1 Å². The lowest BCUT2D eigenvalue weighted by atomic mass is 10.1. The molecule has 0 spiro atoms. The molecule has 0 unspecified atom stereocenters. The summed E-state index contributed by atoms with van der Waals surface area (Å²) in [6, 6.07) is 7.94. The Morgan fingerprint density at radius 3 is 2.86 bits per heavy atom. The summed E-state index contributed by atoms with van der Waals surface area (Å²) in [6.45, 7) is 2.03. The van der Waals surface area contributed by atoms with Gasteiger partial charge < -0.3 is 9.84 Å². The molecule has 1 aromatic heterocycles. The SMILES string of the molecule is CNc1noc(-c2cccc(C)c2)n1. The minimum Gasteiger partial charge on any atom is -0.355 e. The van der Waals surface area contributed by atoms with Crippen LogP contribution in [-0.2, 0) is 0 Å². The molecule has 0 aliphatic rings. The Balaban J connectivity index is 2.39. The van der Waals surface area contributed by atoms with E-state index in [0.717, 1.165) is 5.56 Å².